The molecule has 3 unspecified atom stereocenters. The molecule has 0 aromatic rings. The molecule has 296 valence electrons. The lowest BCUT2D eigenvalue weighted by Gasteiger charge is -2.23. The van der Waals surface area contributed by atoms with Gasteiger partial charge in [-0.1, -0.05) is 212 Å². The Balaban J connectivity index is 3.62. The van der Waals surface area contributed by atoms with Gasteiger partial charge in [0, 0.05) is 0 Å². The second-order valence-electron chi connectivity index (χ2n) is 15.3. The summed E-state index contributed by atoms with van der Waals surface area (Å²) in [6.07, 6.45) is 48.9. The molecular formula is C45H87NO4. The molecule has 4 N–H and O–H groups in total. The Hall–Kier alpha value is -1.17. The van der Waals surface area contributed by atoms with Crippen LogP contribution in [0.15, 0.2) is 24.3 Å². The molecule has 0 aliphatic heterocycles. The van der Waals surface area contributed by atoms with Crippen molar-refractivity contribution in [1.82, 2.24) is 5.32 Å². The molecule has 0 aromatic carbocycles. The van der Waals surface area contributed by atoms with Gasteiger partial charge >= 0.3 is 0 Å². The first kappa shape index (κ1) is 48.8. The van der Waals surface area contributed by atoms with Gasteiger partial charge in [-0.25, -0.2) is 0 Å². The van der Waals surface area contributed by atoms with Crippen LogP contribution in [0.3, 0.4) is 0 Å². The quantitative estimate of drug-likeness (QED) is 0.0377. The number of allylic oxidation sites excluding steroid dienone is 4. The van der Waals surface area contributed by atoms with E-state index in [9.17, 15) is 20.1 Å². The zero-order chi connectivity index (χ0) is 36.6. The molecule has 1 amide bonds. The van der Waals surface area contributed by atoms with Gasteiger partial charge in [-0.3, -0.25) is 4.79 Å². The summed E-state index contributed by atoms with van der Waals surface area (Å²) in [4.78, 5) is 12.5. The van der Waals surface area contributed by atoms with E-state index in [1.807, 2.05) is 0 Å². The number of amides is 1. The fourth-order valence-electron chi connectivity index (χ4n) is 6.81. The van der Waals surface area contributed by atoms with Gasteiger partial charge in [-0.05, 0) is 44.9 Å². The maximum absolute atomic E-state index is 12.5. The SMILES string of the molecule is CCCCC/C=C\C/C=C\CCCCCCCCC(O)C(=O)NC(CO)C(O)CCCCCCCCCCCCCCCCCCCCCC. The van der Waals surface area contributed by atoms with Crippen molar-refractivity contribution in [3.05, 3.63) is 24.3 Å². The molecule has 3 atom stereocenters. The third-order valence-corrected chi connectivity index (χ3v) is 10.3. The Morgan fingerprint density at radius 3 is 1.24 bits per heavy atom. The van der Waals surface area contributed by atoms with E-state index in [1.54, 1.807) is 0 Å². The van der Waals surface area contributed by atoms with E-state index in [0.29, 0.717) is 12.8 Å². The van der Waals surface area contributed by atoms with Crippen LogP contribution in [0.4, 0.5) is 0 Å². The number of rotatable bonds is 40. The lowest BCUT2D eigenvalue weighted by molar-refractivity contribution is -0.131. The predicted molar refractivity (Wildman–Crippen MR) is 218 cm³/mol. The van der Waals surface area contributed by atoms with Gasteiger partial charge < -0.3 is 20.6 Å². The average molecular weight is 706 g/mol. The molecule has 5 heteroatoms. The molecule has 0 heterocycles. The van der Waals surface area contributed by atoms with Crippen LogP contribution in [0, 0.1) is 0 Å². The lowest BCUT2D eigenvalue weighted by Crippen LogP contribution is -2.49. The van der Waals surface area contributed by atoms with Crippen LogP contribution in [-0.2, 0) is 4.79 Å². The Labute approximate surface area is 312 Å². The highest BCUT2D eigenvalue weighted by Gasteiger charge is 2.23. The third-order valence-electron chi connectivity index (χ3n) is 10.3. The summed E-state index contributed by atoms with van der Waals surface area (Å²) >= 11 is 0. The minimum absolute atomic E-state index is 0.316. The monoisotopic (exact) mass is 706 g/mol. The molecule has 0 saturated heterocycles. The van der Waals surface area contributed by atoms with Crippen LogP contribution < -0.4 is 5.32 Å². The van der Waals surface area contributed by atoms with Crippen molar-refractivity contribution >= 4 is 5.91 Å². The molecule has 0 rings (SSSR count). The summed E-state index contributed by atoms with van der Waals surface area (Å²) < 4.78 is 0. The van der Waals surface area contributed by atoms with Crippen molar-refractivity contribution in [3.8, 4) is 0 Å². The molecule has 0 bridgehead atoms. The first-order valence-corrected chi connectivity index (χ1v) is 22.1. The van der Waals surface area contributed by atoms with Crippen LogP contribution in [0.2, 0.25) is 0 Å². The largest absolute Gasteiger partial charge is 0.394 e. The van der Waals surface area contributed by atoms with E-state index in [0.717, 1.165) is 44.9 Å². The molecule has 0 fully saturated rings. The van der Waals surface area contributed by atoms with Crippen molar-refractivity contribution in [3.63, 3.8) is 0 Å². The van der Waals surface area contributed by atoms with E-state index in [1.165, 1.54) is 161 Å². The van der Waals surface area contributed by atoms with Crippen LogP contribution >= 0.6 is 0 Å². The number of carbonyl (C=O) groups excluding carboxylic acids is 1. The summed E-state index contributed by atoms with van der Waals surface area (Å²) in [7, 11) is 0. The topological polar surface area (TPSA) is 89.8 Å². The second kappa shape index (κ2) is 40.6. The van der Waals surface area contributed by atoms with E-state index in [2.05, 4.69) is 43.5 Å². The highest BCUT2D eigenvalue weighted by Crippen LogP contribution is 2.16. The Bertz CT molecular complexity index is 739. The predicted octanol–water partition coefficient (Wildman–Crippen LogP) is 12.6. The zero-order valence-corrected chi connectivity index (χ0v) is 33.5. The number of hydrogen-bond donors (Lipinski definition) is 4. The van der Waals surface area contributed by atoms with Crippen LogP contribution in [0.25, 0.3) is 0 Å². The molecule has 5 nitrogen and oxygen atoms in total. The Morgan fingerprint density at radius 2 is 0.820 bits per heavy atom. The van der Waals surface area contributed by atoms with Crippen molar-refractivity contribution in [2.75, 3.05) is 6.61 Å². The molecule has 0 spiro atoms. The van der Waals surface area contributed by atoms with Gasteiger partial charge in [0.2, 0.25) is 5.91 Å². The molecule has 0 aliphatic rings. The Morgan fingerprint density at radius 1 is 0.480 bits per heavy atom. The Kier molecular flexibility index (Phi) is 39.6. The maximum Gasteiger partial charge on any atom is 0.249 e. The minimum Gasteiger partial charge on any atom is -0.394 e. The first-order chi connectivity index (χ1) is 24.6. The molecule has 0 saturated carbocycles. The van der Waals surface area contributed by atoms with Crippen LogP contribution in [0.1, 0.15) is 232 Å². The number of aliphatic hydroxyl groups excluding tert-OH is 3. The normalized spacial score (nSPS) is 13.8. The minimum atomic E-state index is -1.08. The number of nitrogens with one attached hydrogen (secondary N) is 1. The smallest absolute Gasteiger partial charge is 0.249 e. The van der Waals surface area contributed by atoms with Gasteiger partial charge in [0.25, 0.3) is 0 Å². The second-order valence-corrected chi connectivity index (χ2v) is 15.3. The molecular weight excluding hydrogens is 618 g/mol. The lowest BCUT2D eigenvalue weighted by atomic mass is 10.0. The van der Waals surface area contributed by atoms with Crippen molar-refractivity contribution in [2.45, 2.75) is 250 Å². The average Bonchev–Trinajstić information content (AvgIpc) is 3.12. The molecule has 50 heavy (non-hydrogen) atoms. The van der Waals surface area contributed by atoms with E-state index >= 15 is 0 Å². The van der Waals surface area contributed by atoms with Crippen molar-refractivity contribution in [2.24, 2.45) is 0 Å². The third kappa shape index (κ3) is 35.2. The number of hydrogen-bond acceptors (Lipinski definition) is 4. The summed E-state index contributed by atoms with van der Waals surface area (Å²) in [5.41, 5.74) is 0. The van der Waals surface area contributed by atoms with Gasteiger partial charge in [-0.15, -0.1) is 0 Å². The first-order valence-electron chi connectivity index (χ1n) is 22.1. The molecule has 0 aliphatic carbocycles. The van der Waals surface area contributed by atoms with E-state index in [-0.39, 0.29) is 6.61 Å². The fourth-order valence-corrected chi connectivity index (χ4v) is 6.81. The van der Waals surface area contributed by atoms with Crippen LogP contribution in [-0.4, -0.2) is 46.1 Å². The highest BCUT2D eigenvalue weighted by atomic mass is 16.3. The van der Waals surface area contributed by atoms with Gasteiger partial charge in [0.1, 0.15) is 6.10 Å². The number of carbonyl (C=O) groups is 1. The summed E-state index contributed by atoms with van der Waals surface area (Å²) in [6, 6.07) is -0.715. The zero-order valence-electron chi connectivity index (χ0n) is 33.5. The number of unbranched alkanes of at least 4 members (excludes halogenated alkanes) is 28. The van der Waals surface area contributed by atoms with E-state index < -0.39 is 24.2 Å². The van der Waals surface area contributed by atoms with Crippen molar-refractivity contribution < 1.29 is 20.1 Å². The van der Waals surface area contributed by atoms with Gasteiger partial charge in [0.15, 0.2) is 0 Å². The molecule has 0 aromatic heterocycles. The van der Waals surface area contributed by atoms with Crippen LogP contribution in [0.5, 0.6) is 0 Å². The highest BCUT2D eigenvalue weighted by molar-refractivity contribution is 5.80. The number of aliphatic hydroxyl groups is 3. The maximum atomic E-state index is 12.5. The standard InChI is InChI=1S/C45H87NO4/c1-3-5-7-9-11-13-15-17-19-21-22-23-24-26-27-29-31-33-35-37-39-43(48)42(41-47)46-45(50)44(49)40-38-36-34-32-30-28-25-20-18-16-14-12-10-8-6-4-2/h12,14,18,20,42-44,47-49H,3-11,13,15-17,19,21-41H2,1-2H3,(H,46,50)/b14-12-,20-18-. The van der Waals surface area contributed by atoms with Crippen molar-refractivity contribution in [1.29, 1.82) is 0 Å². The van der Waals surface area contributed by atoms with Gasteiger partial charge in [0.05, 0.1) is 18.8 Å². The fraction of sp³-hybridized carbons (Fsp3) is 0.889. The molecule has 0 radical (unpaired) electrons. The summed E-state index contributed by atoms with van der Waals surface area (Å²) in [6.45, 7) is 4.21. The van der Waals surface area contributed by atoms with Gasteiger partial charge in [-0.2, -0.15) is 0 Å². The summed E-state index contributed by atoms with van der Waals surface area (Å²) in [5.74, 6) is -0.478. The summed E-state index contributed by atoms with van der Waals surface area (Å²) in [5, 5.41) is 33.3. The van der Waals surface area contributed by atoms with E-state index in [4.69, 9.17) is 0 Å².